The summed E-state index contributed by atoms with van der Waals surface area (Å²) in [6.07, 6.45) is 2.07. The molecule has 8 nitrogen and oxygen atoms in total. The number of aliphatic imine (C=N–C) groups is 1. The van der Waals surface area contributed by atoms with Crippen molar-refractivity contribution in [2.24, 2.45) is 4.99 Å². The minimum Gasteiger partial charge on any atom is -0.504 e. The van der Waals surface area contributed by atoms with E-state index < -0.39 is 0 Å². The highest BCUT2D eigenvalue weighted by Crippen LogP contribution is 2.35. The van der Waals surface area contributed by atoms with Gasteiger partial charge in [-0.15, -0.1) is 11.3 Å². The van der Waals surface area contributed by atoms with Crippen LogP contribution in [0.25, 0.3) is 17.3 Å². The molecular formula is C20H16N4O4S2. The van der Waals surface area contributed by atoms with Crippen molar-refractivity contribution in [2.75, 3.05) is 18.8 Å². The van der Waals surface area contributed by atoms with Crippen LogP contribution in [0.4, 0.5) is 5.13 Å². The summed E-state index contributed by atoms with van der Waals surface area (Å²) in [6.45, 7) is 0.859. The summed E-state index contributed by atoms with van der Waals surface area (Å²) in [7, 11) is 0. The van der Waals surface area contributed by atoms with Crippen LogP contribution in [0.2, 0.25) is 0 Å². The molecule has 0 fully saturated rings. The van der Waals surface area contributed by atoms with Crippen molar-refractivity contribution in [3.63, 3.8) is 0 Å². The highest BCUT2D eigenvalue weighted by Gasteiger charge is 2.16. The molecule has 0 spiro atoms. The number of benzene rings is 2. The number of aromatic nitrogens is 1. The number of phenolic OH excluding ortho intramolecular Hbond substituents is 2. The number of hydrogen-bond donors (Lipinski definition) is 4. The lowest BCUT2D eigenvalue weighted by molar-refractivity contribution is 0.174. The zero-order chi connectivity index (χ0) is 20.5. The molecule has 0 saturated heterocycles. The Morgan fingerprint density at radius 1 is 1.00 bits per heavy atom. The lowest BCUT2D eigenvalue weighted by Gasteiger charge is -2.05. The van der Waals surface area contributed by atoms with E-state index in [-0.39, 0.29) is 18.3 Å². The van der Waals surface area contributed by atoms with Crippen molar-refractivity contribution in [3.8, 4) is 34.3 Å². The van der Waals surface area contributed by atoms with Gasteiger partial charge >= 0.3 is 0 Å². The maximum atomic E-state index is 9.65. The zero-order valence-electron chi connectivity index (χ0n) is 15.5. The lowest BCUT2D eigenvalue weighted by Crippen LogP contribution is -2.25. The largest absolute Gasteiger partial charge is 0.504 e. The smallest absolute Gasteiger partial charge is 0.231 e. The number of thioether (sulfide) groups is 1. The molecule has 0 amide bonds. The fraction of sp³-hybridized carbons (Fsp3) is 0.100. The van der Waals surface area contributed by atoms with Gasteiger partial charge in [0.15, 0.2) is 28.2 Å². The number of hydrogen-bond acceptors (Lipinski definition) is 10. The summed E-state index contributed by atoms with van der Waals surface area (Å²) in [6, 6.07) is 10.5. The van der Waals surface area contributed by atoms with Gasteiger partial charge in [-0.3, -0.25) is 15.8 Å². The van der Waals surface area contributed by atoms with E-state index in [1.807, 2.05) is 23.6 Å². The first-order chi connectivity index (χ1) is 14.6. The van der Waals surface area contributed by atoms with E-state index in [4.69, 9.17) is 9.47 Å². The molecule has 0 bridgehead atoms. The number of fused-ring (bicyclic) bond motifs is 1. The normalized spacial score (nSPS) is 16.0. The maximum Gasteiger partial charge on any atom is 0.231 e. The Bertz CT molecular complexity index is 1180. The van der Waals surface area contributed by atoms with Crippen LogP contribution in [0.3, 0.4) is 0 Å². The predicted octanol–water partition coefficient (Wildman–Crippen LogP) is 4.01. The number of nitrogens with one attached hydrogen (secondary N) is 2. The van der Waals surface area contributed by atoms with Crippen molar-refractivity contribution < 1.29 is 19.7 Å². The molecular weight excluding hydrogens is 424 g/mol. The second-order valence-corrected chi connectivity index (χ2v) is 8.41. The van der Waals surface area contributed by atoms with Gasteiger partial charge in [0.25, 0.3) is 0 Å². The van der Waals surface area contributed by atoms with Crippen LogP contribution in [0.5, 0.6) is 23.0 Å². The molecule has 0 saturated carbocycles. The van der Waals surface area contributed by atoms with Crippen LogP contribution in [-0.4, -0.2) is 33.7 Å². The Hall–Kier alpha value is -3.37. The number of nitrogens with zero attached hydrogens (tertiary/aromatic N) is 2. The van der Waals surface area contributed by atoms with Crippen molar-refractivity contribution in [1.29, 1.82) is 0 Å². The summed E-state index contributed by atoms with van der Waals surface area (Å²) in [5.74, 6) is 1.20. The quantitative estimate of drug-likeness (QED) is 0.356. The van der Waals surface area contributed by atoms with Crippen LogP contribution >= 0.6 is 23.1 Å². The summed E-state index contributed by atoms with van der Waals surface area (Å²) in [4.78, 5) is 10.1. The summed E-state index contributed by atoms with van der Waals surface area (Å²) in [5, 5.41) is 22.4. The Morgan fingerprint density at radius 2 is 1.90 bits per heavy atom. The topological polar surface area (TPSA) is 108 Å². The number of aromatic hydroxyl groups is 2. The Labute approximate surface area is 179 Å². The van der Waals surface area contributed by atoms with E-state index in [2.05, 4.69) is 26.9 Å². The summed E-state index contributed by atoms with van der Waals surface area (Å²) >= 11 is 2.97. The zero-order valence-corrected chi connectivity index (χ0v) is 17.1. The lowest BCUT2D eigenvalue weighted by atomic mass is 10.1. The molecule has 2 aromatic carbocycles. The van der Waals surface area contributed by atoms with Crippen molar-refractivity contribution >= 4 is 39.5 Å². The van der Waals surface area contributed by atoms with E-state index in [9.17, 15) is 10.2 Å². The Morgan fingerprint density at radius 3 is 2.80 bits per heavy atom. The van der Waals surface area contributed by atoms with Gasteiger partial charge in [-0.25, -0.2) is 4.98 Å². The first-order valence-corrected chi connectivity index (χ1v) is 10.7. The molecule has 0 radical (unpaired) electrons. The summed E-state index contributed by atoms with van der Waals surface area (Å²) < 4.78 is 10.8. The molecule has 4 N–H and O–H groups in total. The third kappa shape index (κ3) is 3.87. The summed E-state index contributed by atoms with van der Waals surface area (Å²) in [5.41, 5.74) is 8.58. The molecule has 0 unspecified atom stereocenters. The van der Waals surface area contributed by atoms with Gasteiger partial charge in [0.05, 0.1) is 12.2 Å². The third-order valence-electron chi connectivity index (χ3n) is 4.38. The average molecular weight is 441 g/mol. The Balaban J connectivity index is 1.19. The monoisotopic (exact) mass is 440 g/mol. The first-order valence-electron chi connectivity index (χ1n) is 8.96. The van der Waals surface area contributed by atoms with Crippen LogP contribution < -0.4 is 20.3 Å². The van der Waals surface area contributed by atoms with Gasteiger partial charge in [0.2, 0.25) is 11.9 Å². The standard InChI is InChI=1S/C20H16N4O4S2/c25-15-3-2-12(7-16(15)26)14-9-29-20(22-14)24-23-19-21-8-13(30-19)5-11-1-4-17-18(6-11)28-10-27-17/h1-7,9,25-26H,8,10H2,(H,21,23)(H,22,24)/b13-5+. The molecule has 2 aliphatic rings. The second-order valence-electron chi connectivity index (χ2n) is 6.44. The molecule has 0 aliphatic carbocycles. The maximum absolute atomic E-state index is 9.65. The van der Waals surface area contributed by atoms with Crippen molar-refractivity contribution in [2.45, 2.75) is 0 Å². The first kappa shape index (κ1) is 18.6. The van der Waals surface area contributed by atoms with Crippen molar-refractivity contribution in [3.05, 3.63) is 52.2 Å². The average Bonchev–Trinajstić information content (AvgIpc) is 3.49. The van der Waals surface area contributed by atoms with E-state index >= 15 is 0 Å². The van der Waals surface area contributed by atoms with Gasteiger partial charge in [0.1, 0.15) is 0 Å². The number of anilines is 1. The van der Waals surface area contributed by atoms with Crippen LogP contribution in [0.1, 0.15) is 5.56 Å². The van der Waals surface area contributed by atoms with Crippen LogP contribution in [0.15, 0.2) is 51.7 Å². The number of amidine groups is 1. The van der Waals surface area contributed by atoms with Gasteiger partial charge in [-0.05, 0) is 42.0 Å². The number of rotatable bonds is 4. The third-order valence-corrected chi connectivity index (χ3v) is 6.07. The minimum atomic E-state index is -0.174. The molecule has 3 aromatic rings. The van der Waals surface area contributed by atoms with E-state index in [0.717, 1.165) is 32.7 Å². The molecule has 3 heterocycles. The molecule has 30 heavy (non-hydrogen) atoms. The molecule has 2 aliphatic heterocycles. The van der Waals surface area contributed by atoms with Crippen LogP contribution in [-0.2, 0) is 0 Å². The number of thiazole rings is 1. The van der Waals surface area contributed by atoms with Gasteiger partial charge in [0, 0.05) is 15.8 Å². The van der Waals surface area contributed by atoms with E-state index in [1.165, 1.54) is 23.5 Å². The fourth-order valence-corrected chi connectivity index (χ4v) is 4.40. The van der Waals surface area contributed by atoms with Gasteiger partial charge < -0.3 is 19.7 Å². The van der Waals surface area contributed by atoms with E-state index in [0.29, 0.717) is 17.4 Å². The predicted molar refractivity (Wildman–Crippen MR) is 118 cm³/mol. The highest BCUT2D eigenvalue weighted by atomic mass is 32.2. The molecule has 5 rings (SSSR count). The van der Waals surface area contributed by atoms with E-state index in [1.54, 1.807) is 17.8 Å². The Kier molecular flexibility index (Phi) is 4.85. The SMILES string of the molecule is Oc1ccc(-c2csc(NNC3=NC/C(=C\c4ccc5c(c4)OCO5)S3)n2)cc1O. The fourth-order valence-electron chi connectivity index (χ4n) is 2.92. The number of hydrazine groups is 1. The van der Waals surface area contributed by atoms with Gasteiger partial charge in [-0.1, -0.05) is 17.8 Å². The number of phenols is 2. The number of ether oxygens (including phenoxy) is 2. The molecule has 152 valence electrons. The minimum absolute atomic E-state index is 0.158. The van der Waals surface area contributed by atoms with Gasteiger partial charge in [-0.2, -0.15) is 0 Å². The molecule has 0 atom stereocenters. The second kappa shape index (κ2) is 7.81. The molecule has 10 heteroatoms. The van der Waals surface area contributed by atoms with Crippen molar-refractivity contribution in [1.82, 2.24) is 10.4 Å². The molecule has 1 aromatic heterocycles. The van der Waals surface area contributed by atoms with Crippen LogP contribution in [0, 0.1) is 0 Å². The highest BCUT2D eigenvalue weighted by molar-refractivity contribution is 8.17.